The predicted molar refractivity (Wildman–Crippen MR) is 124 cm³/mol. The predicted octanol–water partition coefficient (Wildman–Crippen LogP) is 1.41. The van der Waals surface area contributed by atoms with Crippen molar-refractivity contribution in [3.63, 3.8) is 0 Å². The first-order valence-electron chi connectivity index (χ1n) is 11.8. The number of hydrogen-bond acceptors (Lipinski definition) is 7. The average Bonchev–Trinajstić information content (AvgIpc) is 2.89. The number of nitrogens with zero attached hydrogens (tertiary/aromatic N) is 6. The third-order valence-electron chi connectivity index (χ3n) is 6.60. The number of carbonyl (C=O) groups excluding carboxylic acids is 2. The Bertz CT molecular complexity index is 973. The van der Waals surface area contributed by atoms with Gasteiger partial charge >= 0.3 is 0 Å². The molecule has 2 aromatic rings. The van der Waals surface area contributed by atoms with E-state index < -0.39 is 6.10 Å². The van der Waals surface area contributed by atoms with Crippen molar-refractivity contribution in [2.24, 2.45) is 0 Å². The summed E-state index contributed by atoms with van der Waals surface area (Å²) in [5.74, 6) is 1.45. The molecule has 2 amide bonds. The van der Waals surface area contributed by atoms with Gasteiger partial charge in [-0.2, -0.15) is 0 Å². The van der Waals surface area contributed by atoms with Crippen LogP contribution < -0.4 is 14.5 Å². The number of aromatic nitrogens is 2. The number of likely N-dealkylation sites (tertiary alicyclic amines) is 1. The van der Waals surface area contributed by atoms with E-state index in [0.29, 0.717) is 44.4 Å². The standard InChI is InChI=1S/C24H30N6O3/c31-22(27-13-15-29(16-14-27)24-25-9-6-10-26-24)18-30-17-21(23(32)28-11-4-1-5-12-28)33-20-8-3-2-7-19(20)30/h2-3,6-10,21H,1,4-5,11-18H2/t21-/m0/s1. The molecule has 1 aromatic carbocycles. The summed E-state index contributed by atoms with van der Waals surface area (Å²) in [5.41, 5.74) is 0.866. The summed E-state index contributed by atoms with van der Waals surface area (Å²) < 4.78 is 6.09. The number of hydrogen-bond donors (Lipinski definition) is 0. The van der Waals surface area contributed by atoms with Crippen LogP contribution >= 0.6 is 0 Å². The normalized spacial score (nSPS) is 20.8. The third kappa shape index (κ3) is 4.72. The monoisotopic (exact) mass is 450 g/mol. The summed E-state index contributed by atoms with van der Waals surface area (Å²) in [6.45, 7) is 4.83. The van der Waals surface area contributed by atoms with Crippen LogP contribution in [-0.2, 0) is 9.59 Å². The van der Waals surface area contributed by atoms with Crippen LogP contribution in [0.5, 0.6) is 5.75 Å². The molecule has 9 heteroatoms. The molecular formula is C24H30N6O3. The van der Waals surface area contributed by atoms with Gasteiger partial charge in [0, 0.05) is 51.7 Å². The first-order valence-corrected chi connectivity index (χ1v) is 11.8. The Balaban J connectivity index is 1.24. The molecular weight excluding hydrogens is 420 g/mol. The Morgan fingerprint density at radius 2 is 1.61 bits per heavy atom. The van der Waals surface area contributed by atoms with Crippen molar-refractivity contribution in [1.29, 1.82) is 0 Å². The Morgan fingerprint density at radius 3 is 2.36 bits per heavy atom. The summed E-state index contributed by atoms with van der Waals surface area (Å²) in [7, 11) is 0. The Kier molecular flexibility index (Phi) is 6.28. The fourth-order valence-corrected chi connectivity index (χ4v) is 4.78. The van der Waals surface area contributed by atoms with Crippen molar-refractivity contribution in [2.75, 3.05) is 62.2 Å². The molecule has 0 bridgehead atoms. The number of carbonyl (C=O) groups is 2. The molecule has 0 spiro atoms. The molecule has 3 aliphatic rings. The number of fused-ring (bicyclic) bond motifs is 1. The third-order valence-corrected chi connectivity index (χ3v) is 6.60. The van der Waals surface area contributed by atoms with Gasteiger partial charge in [0.15, 0.2) is 6.10 Å². The van der Waals surface area contributed by atoms with Gasteiger partial charge in [0.05, 0.1) is 18.8 Å². The molecule has 3 aliphatic heterocycles. The molecule has 1 aromatic heterocycles. The molecule has 0 radical (unpaired) electrons. The van der Waals surface area contributed by atoms with E-state index in [1.807, 2.05) is 39.0 Å². The topological polar surface area (TPSA) is 82.1 Å². The van der Waals surface area contributed by atoms with Gasteiger partial charge < -0.3 is 24.3 Å². The lowest BCUT2D eigenvalue weighted by atomic mass is 10.1. The summed E-state index contributed by atoms with van der Waals surface area (Å²) in [6.07, 6.45) is 6.13. The van der Waals surface area contributed by atoms with Crippen molar-refractivity contribution in [2.45, 2.75) is 25.4 Å². The number of amides is 2. The molecule has 2 fully saturated rings. The van der Waals surface area contributed by atoms with Crippen molar-refractivity contribution in [3.05, 3.63) is 42.7 Å². The molecule has 1 atom stereocenters. The number of rotatable bonds is 4. The minimum Gasteiger partial charge on any atom is -0.477 e. The Labute approximate surface area is 193 Å². The van der Waals surface area contributed by atoms with Gasteiger partial charge in [-0.25, -0.2) is 9.97 Å². The minimum atomic E-state index is -0.585. The zero-order chi connectivity index (χ0) is 22.6. The lowest BCUT2D eigenvalue weighted by Gasteiger charge is -2.40. The van der Waals surface area contributed by atoms with Crippen molar-refractivity contribution in [1.82, 2.24) is 19.8 Å². The number of benzene rings is 1. The highest BCUT2D eigenvalue weighted by Crippen LogP contribution is 2.33. The maximum Gasteiger partial charge on any atom is 0.265 e. The smallest absolute Gasteiger partial charge is 0.265 e. The number of anilines is 2. The van der Waals surface area contributed by atoms with Crippen LogP contribution in [0.1, 0.15) is 19.3 Å². The van der Waals surface area contributed by atoms with Crippen LogP contribution in [0.3, 0.4) is 0 Å². The van der Waals surface area contributed by atoms with E-state index in [2.05, 4.69) is 14.9 Å². The summed E-state index contributed by atoms with van der Waals surface area (Å²) in [4.78, 5) is 42.8. The molecule has 0 unspecified atom stereocenters. The van der Waals surface area contributed by atoms with E-state index in [0.717, 1.165) is 31.6 Å². The number of piperazine rings is 1. The molecule has 174 valence electrons. The van der Waals surface area contributed by atoms with Gasteiger partial charge in [0.1, 0.15) is 5.75 Å². The fraction of sp³-hybridized carbons (Fsp3) is 0.500. The first-order chi connectivity index (χ1) is 16.2. The van der Waals surface area contributed by atoms with Crippen LogP contribution in [0.25, 0.3) is 0 Å². The summed E-state index contributed by atoms with van der Waals surface area (Å²) in [5, 5.41) is 0. The largest absolute Gasteiger partial charge is 0.477 e. The second-order valence-corrected chi connectivity index (χ2v) is 8.76. The number of piperidine rings is 1. The summed E-state index contributed by atoms with van der Waals surface area (Å²) >= 11 is 0. The van der Waals surface area contributed by atoms with Gasteiger partial charge in [-0.05, 0) is 37.5 Å². The van der Waals surface area contributed by atoms with Crippen molar-refractivity contribution >= 4 is 23.5 Å². The van der Waals surface area contributed by atoms with Crippen LogP contribution in [0.2, 0.25) is 0 Å². The molecule has 0 saturated carbocycles. The SMILES string of the molecule is O=C(CN1C[C@@H](C(=O)N2CCCCC2)Oc2ccccc21)N1CCN(c2ncccn2)CC1. The maximum absolute atomic E-state index is 13.2. The molecule has 9 nitrogen and oxygen atoms in total. The highest BCUT2D eigenvalue weighted by atomic mass is 16.5. The Hall–Kier alpha value is -3.36. The minimum absolute atomic E-state index is 0.0260. The van der Waals surface area contributed by atoms with Gasteiger partial charge in [-0.3, -0.25) is 9.59 Å². The molecule has 4 heterocycles. The number of ether oxygens (including phenoxy) is 1. The first kappa shape index (κ1) is 21.5. The van der Waals surface area contributed by atoms with Gasteiger partial charge in [-0.15, -0.1) is 0 Å². The summed E-state index contributed by atoms with van der Waals surface area (Å²) in [6, 6.07) is 9.46. The maximum atomic E-state index is 13.2. The lowest BCUT2D eigenvalue weighted by Crippen LogP contribution is -2.55. The van der Waals surface area contributed by atoms with E-state index in [-0.39, 0.29) is 18.4 Å². The molecule has 5 rings (SSSR count). The van der Waals surface area contributed by atoms with E-state index in [9.17, 15) is 9.59 Å². The van der Waals surface area contributed by atoms with E-state index >= 15 is 0 Å². The van der Waals surface area contributed by atoms with Gasteiger partial charge in [-0.1, -0.05) is 12.1 Å². The highest BCUT2D eigenvalue weighted by molar-refractivity contribution is 5.86. The van der Waals surface area contributed by atoms with E-state index in [1.165, 1.54) is 6.42 Å². The highest BCUT2D eigenvalue weighted by Gasteiger charge is 2.35. The van der Waals surface area contributed by atoms with Gasteiger partial charge in [0.25, 0.3) is 5.91 Å². The van der Waals surface area contributed by atoms with E-state index in [4.69, 9.17) is 4.74 Å². The molecule has 0 N–H and O–H groups in total. The second-order valence-electron chi connectivity index (χ2n) is 8.76. The van der Waals surface area contributed by atoms with Crippen LogP contribution in [0.15, 0.2) is 42.7 Å². The van der Waals surface area contributed by atoms with Crippen molar-refractivity contribution < 1.29 is 14.3 Å². The average molecular weight is 451 g/mol. The lowest BCUT2D eigenvalue weighted by molar-refractivity contribution is -0.140. The van der Waals surface area contributed by atoms with Crippen LogP contribution in [0, 0.1) is 0 Å². The van der Waals surface area contributed by atoms with Crippen LogP contribution in [-0.4, -0.2) is 90.0 Å². The van der Waals surface area contributed by atoms with Crippen molar-refractivity contribution in [3.8, 4) is 5.75 Å². The Morgan fingerprint density at radius 1 is 0.879 bits per heavy atom. The zero-order valence-corrected chi connectivity index (χ0v) is 18.8. The van der Waals surface area contributed by atoms with Crippen LogP contribution in [0.4, 0.5) is 11.6 Å². The molecule has 0 aliphatic carbocycles. The van der Waals surface area contributed by atoms with E-state index in [1.54, 1.807) is 18.5 Å². The second kappa shape index (κ2) is 9.64. The fourth-order valence-electron chi connectivity index (χ4n) is 4.78. The molecule has 33 heavy (non-hydrogen) atoms. The van der Waals surface area contributed by atoms with Gasteiger partial charge in [0.2, 0.25) is 11.9 Å². The zero-order valence-electron chi connectivity index (χ0n) is 18.8. The molecule has 2 saturated heterocycles. The quantitative estimate of drug-likeness (QED) is 0.697. The number of para-hydroxylation sites is 2.